The van der Waals surface area contributed by atoms with E-state index in [1.54, 1.807) is 0 Å². The van der Waals surface area contributed by atoms with Gasteiger partial charge in [0, 0.05) is 26.2 Å². The summed E-state index contributed by atoms with van der Waals surface area (Å²) in [5.41, 5.74) is -0.193. The summed E-state index contributed by atoms with van der Waals surface area (Å²) in [5, 5.41) is 0. The van der Waals surface area contributed by atoms with Crippen LogP contribution in [-0.4, -0.2) is 38.6 Å². The standard InChI is InChI=1S/C10H16N2O2/c1-4-11(2)5-6-12(3)8-7-9(13)10(8)14/h7H,4-6H2,1-3H3. The van der Waals surface area contributed by atoms with E-state index < -0.39 is 0 Å². The Bertz CT molecular complexity index is 366. The highest BCUT2D eigenvalue weighted by Crippen LogP contribution is 2.02. The van der Waals surface area contributed by atoms with E-state index in [1.165, 1.54) is 6.07 Å². The molecule has 78 valence electrons. The van der Waals surface area contributed by atoms with E-state index in [1.807, 2.05) is 19.0 Å². The second-order valence-electron chi connectivity index (χ2n) is 3.54. The number of hydrogen-bond donors (Lipinski definition) is 0. The number of hydrogen-bond acceptors (Lipinski definition) is 4. The lowest BCUT2D eigenvalue weighted by Gasteiger charge is -2.22. The van der Waals surface area contributed by atoms with Crippen molar-refractivity contribution in [2.24, 2.45) is 0 Å². The van der Waals surface area contributed by atoms with Crippen molar-refractivity contribution >= 4 is 5.69 Å². The Labute approximate surface area is 83.4 Å². The van der Waals surface area contributed by atoms with Crippen LogP contribution in [0.4, 0.5) is 5.69 Å². The first-order valence-corrected chi connectivity index (χ1v) is 4.76. The van der Waals surface area contributed by atoms with Gasteiger partial charge in [0.25, 0.3) is 0 Å². The van der Waals surface area contributed by atoms with Crippen LogP contribution >= 0.6 is 0 Å². The fourth-order valence-electron chi connectivity index (χ4n) is 1.19. The molecular formula is C10H16N2O2. The van der Waals surface area contributed by atoms with Gasteiger partial charge in [-0.25, -0.2) is 0 Å². The number of rotatable bonds is 5. The summed E-state index contributed by atoms with van der Waals surface area (Å²) >= 11 is 0. The summed E-state index contributed by atoms with van der Waals surface area (Å²) in [6, 6.07) is 1.40. The van der Waals surface area contributed by atoms with Crippen molar-refractivity contribution in [3.63, 3.8) is 0 Å². The van der Waals surface area contributed by atoms with E-state index in [0.717, 1.165) is 19.6 Å². The van der Waals surface area contributed by atoms with Gasteiger partial charge in [-0.3, -0.25) is 9.59 Å². The zero-order valence-electron chi connectivity index (χ0n) is 8.91. The minimum absolute atomic E-state index is 0.355. The SMILES string of the molecule is CCN(C)CCN(C)c1cc(=O)c1=O. The van der Waals surface area contributed by atoms with Crippen molar-refractivity contribution in [2.75, 3.05) is 38.6 Å². The maximum Gasteiger partial charge on any atom is 0.249 e. The maximum absolute atomic E-state index is 11.0. The van der Waals surface area contributed by atoms with Crippen molar-refractivity contribution in [3.8, 4) is 0 Å². The van der Waals surface area contributed by atoms with Gasteiger partial charge in [0.15, 0.2) is 0 Å². The van der Waals surface area contributed by atoms with Crippen LogP contribution in [0.5, 0.6) is 0 Å². The molecule has 0 atom stereocenters. The van der Waals surface area contributed by atoms with Gasteiger partial charge < -0.3 is 9.80 Å². The minimum Gasteiger partial charge on any atom is -0.370 e. The molecule has 0 aromatic heterocycles. The van der Waals surface area contributed by atoms with E-state index in [9.17, 15) is 9.59 Å². The van der Waals surface area contributed by atoms with Crippen molar-refractivity contribution < 1.29 is 0 Å². The van der Waals surface area contributed by atoms with Crippen molar-refractivity contribution in [1.29, 1.82) is 0 Å². The Morgan fingerprint density at radius 2 is 1.86 bits per heavy atom. The molecule has 0 aliphatic rings. The molecule has 1 aromatic carbocycles. The second kappa shape index (κ2) is 4.37. The van der Waals surface area contributed by atoms with Crippen LogP contribution in [0.25, 0.3) is 0 Å². The summed E-state index contributed by atoms with van der Waals surface area (Å²) in [7, 11) is 3.86. The van der Waals surface area contributed by atoms with Crippen LogP contribution in [-0.2, 0) is 0 Å². The molecule has 0 aliphatic heterocycles. The van der Waals surface area contributed by atoms with E-state index >= 15 is 0 Å². The summed E-state index contributed by atoms with van der Waals surface area (Å²) in [6.45, 7) is 4.73. The van der Waals surface area contributed by atoms with E-state index in [2.05, 4.69) is 11.8 Å². The third-order valence-electron chi connectivity index (χ3n) is 2.49. The molecule has 0 amide bonds. The van der Waals surface area contributed by atoms with Gasteiger partial charge in [-0.15, -0.1) is 0 Å². The molecule has 0 radical (unpaired) electrons. The van der Waals surface area contributed by atoms with Gasteiger partial charge in [-0.2, -0.15) is 0 Å². The fraction of sp³-hybridized carbons (Fsp3) is 0.600. The van der Waals surface area contributed by atoms with Gasteiger partial charge in [0.05, 0.1) is 5.69 Å². The molecule has 0 heterocycles. The minimum atomic E-state index is -0.379. The molecule has 0 saturated carbocycles. The van der Waals surface area contributed by atoms with Crippen molar-refractivity contribution in [3.05, 3.63) is 26.5 Å². The Hall–Kier alpha value is -1.16. The second-order valence-corrected chi connectivity index (χ2v) is 3.54. The summed E-state index contributed by atoms with van der Waals surface area (Å²) in [5.74, 6) is 0. The zero-order valence-corrected chi connectivity index (χ0v) is 8.91. The zero-order chi connectivity index (χ0) is 10.7. The maximum atomic E-state index is 11.0. The number of likely N-dealkylation sites (N-methyl/N-ethyl adjacent to an activating group) is 2. The quantitative estimate of drug-likeness (QED) is 0.605. The molecule has 0 unspecified atom stereocenters. The summed E-state index contributed by atoms with van der Waals surface area (Å²) in [4.78, 5) is 25.7. The smallest absolute Gasteiger partial charge is 0.249 e. The largest absolute Gasteiger partial charge is 0.370 e. The first-order valence-electron chi connectivity index (χ1n) is 4.76. The van der Waals surface area contributed by atoms with Crippen LogP contribution < -0.4 is 15.8 Å². The molecule has 0 fully saturated rings. The number of nitrogens with zero attached hydrogens (tertiary/aromatic N) is 2. The monoisotopic (exact) mass is 196 g/mol. The van der Waals surface area contributed by atoms with E-state index in [4.69, 9.17) is 0 Å². The molecule has 0 saturated heterocycles. The van der Waals surface area contributed by atoms with Gasteiger partial charge in [-0.1, -0.05) is 6.92 Å². The van der Waals surface area contributed by atoms with Gasteiger partial charge in [-0.05, 0) is 13.6 Å². The first-order chi connectivity index (χ1) is 6.56. The highest BCUT2D eigenvalue weighted by Gasteiger charge is 2.13. The molecule has 14 heavy (non-hydrogen) atoms. The Balaban J connectivity index is 2.45. The fourth-order valence-corrected chi connectivity index (χ4v) is 1.19. The van der Waals surface area contributed by atoms with Gasteiger partial charge in [0.2, 0.25) is 10.9 Å². The Morgan fingerprint density at radius 1 is 1.21 bits per heavy atom. The lowest BCUT2D eigenvalue weighted by molar-refractivity contribution is 0.360. The summed E-state index contributed by atoms with van der Waals surface area (Å²) in [6.07, 6.45) is 0. The van der Waals surface area contributed by atoms with Gasteiger partial charge in [0.1, 0.15) is 0 Å². The predicted octanol–water partition coefficient (Wildman–Crippen LogP) is -0.329. The number of anilines is 1. The van der Waals surface area contributed by atoms with Crippen LogP contribution in [0.15, 0.2) is 15.7 Å². The van der Waals surface area contributed by atoms with Crippen LogP contribution in [0.3, 0.4) is 0 Å². The lowest BCUT2D eigenvalue weighted by atomic mass is 10.2. The molecular weight excluding hydrogens is 180 g/mol. The average molecular weight is 196 g/mol. The van der Waals surface area contributed by atoms with Crippen molar-refractivity contribution in [2.45, 2.75) is 6.92 Å². The van der Waals surface area contributed by atoms with Crippen LogP contribution in [0, 0.1) is 0 Å². The molecule has 0 bridgehead atoms. The third kappa shape index (κ3) is 2.20. The molecule has 4 nitrogen and oxygen atoms in total. The first kappa shape index (κ1) is 10.9. The average Bonchev–Trinajstić information content (AvgIpc) is 2.21. The normalized spacial score (nSPS) is 11.1. The predicted molar refractivity (Wildman–Crippen MR) is 57.8 cm³/mol. The highest BCUT2D eigenvalue weighted by molar-refractivity contribution is 5.49. The molecule has 1 aromatic rings. The Kier molecular flexibility index (Phi) is 3.41. The van der Waals surface area contributed by atoms with Crippen LogP contribution in [0.1, 0.15) is 6.92 Å². The van der Waals surface area contributed by atoms with Crippen LogP contribution in [0.2, 0.25) is 0 Å². The molecule has 0 aliphatic carbocycles. The van der Waals surface area contributed by atoms with Gasteiger partial charge >= 0.3 is 0 Å². The topological polar surface area (TPSA) is 40.6 Å². The molecule has 0 N–H and O–H groups in total. The van der Waals surface area contributed by atoms with E-state index in [-0.39, 0.29) is 10.9 Å². The highest BCUT2D eigenvalue weighted by atomic mass is 16.2. The molecule has 1 rings (SSSR count). The lowest BCUT2D eigenvalue weighted by Crippen LogP contribution is -2.40. The third-order valence-corrected chi connectivity index (χ3v) is 2.49. The Morgan fingerprint density at radius 3 is 2.29 bits per heavy atom. The summed E-state index contributed by atoms with van der Waals surface area (Å²) < 4.78 is 0. The molecule has 0 spiro atoms. The molecule has 4 heteroatoms. The van der Waals surface area contributed by atoms with Crippen molar-refractivity contribution in [1.82, 2.24) is 4.90 Å². The van der Waals surface area contributed by atoms with E-state index in [0.29, 0.717) is 5.69 Å².